The van der Waals surface area contributed by atoms with Gasteiger partial charge in [-0.05, 0) is 31.6 Å². The highest BCUT2D eigenvalue weighted by atomic mass is 16.2. The van der Waals surface area contributed by atoms with Crippen LogP contribution in [0.25, 0.3) is 0 Å². The molecule has 2 aliphatic carbocycles. The minimum Gasteiger partial charge on any atom is -0.353 e. The zero-order valence-corrected chi connectivity index (χ0v) is 11.0. The average Bonchev–Trinajstić information content (AvgIpc) is 2.29. The van der Waals surface area contributed by atoms with Crippen molar-refractivity contribution in [1.29, 1.82) is 0 Å². The van der Waals surface area contributed by atoms with Gasteiger partial charge in [0.1, 0.15) is 0 Å². The van der Waals surface area contributed by atoms with Crippen molar-refractivity contribution in [3.63, 3.8) is 0 Å². The van der Waals surface area contributed by atoms with E-state index in [1.807, 2.05) is 0 Å². The Kier molecular flexibility index (Phi) is 4.43. The van der Waals surface area contributed by atoms with Gasteiger partial charge in [-0.25, -0.2) is 0 Å². The van der Waals surface area contributed by atoms with E-state index < -0.39 is 0 Å². The maximum Gasteiger partial charge on any atom is 0.224 e. The van der Waals surface area contributed by atoms with Crippen molar-refractivity contribution in [3.8, 4) is 0 Å². The van der Waals surface area contributed by atoms with Gasteiger partial charge in [0.25, 0.3) is 0 Å². The summed E-state index contributed by atoms with van der Waals surface area (Å²) >= 11 is 0. The van der Waals surface area contributed by atoms with E-state index >= 15 is 0 Å². The minimum atomic E-state index is 0.0704. The summed E-state index contributed by atoms with van der Waals surface area (Å²) in [6.45, 7) is 2.28. The summed E-state index contributed by atoms with van der Waals surface area (Å²) in [5, 5.41) is 3.23. The first-order valence-corrected chi connectivity index (χ1v) is 7.22. The molecule has 0 bridgehead atoms. The van der Waals surface area contributed by atoms with E-state index in [1.54, 1.807) is 0 Å². The number of rotatable bonds is 2. The molecule has 0 heterocycles. The molecule has 0 spiro atoms. The lowest BCUT2D eigenvalue weighted by atomic mass is 9.83. The second-order valence-corrected chi connectivity index (χ2v) is 6.03. The smallest absolute Gasteiger partial charge is 0.224 e. The Hall–Kier alpha value is -0.570. The van der Waals surface area contributed by atoms with Crippen LogP contribution in [-0.2, 0) is 4.79 Å². The molecule has 3 N–H and O–H groups in total. The molecule has 3 heteroatoms. The Balaban J connectivity index is 1.83. The topological polar surface area (TPSA) is 55.1 Å². The van der Waals surface area contributed by atoms with Gasteiger partial charge >= 0.3 is 0 Å². The predicted molar refractivity (Wildman–Crippen MR) is 69.5 cm³/mol. The van der Waals surface area contributed by atoms with Crippen LogP contribution in [0.1, 0.15) is 58.3 Å². The third-order valence-electron chi connectivity index (χ3n) is 4.44. The summed E-state index contributed by atoms with van der Waals surface area (Å²) in [6, 6.07) is 0.491. The molecule has 4 unspecified atom stereocenters. The van der Waals surface area contributed by atoms with Crippen molar-refractivity contribution in [2.45, 2.75) is 70.4 Å². The van der Waals surface area contributed by atoms with Gasteiger partial charge in [-0.3, -0.25) is 4.79 Å². The van der Waals surface area contributed by atoms with E-state index in [1.165, 1.54) is 19.3 Å². The molecule has 0 aromatic carbocycles. The van der Waals surface area contributed by atoms with Crippen LogP contribution in [-0.4, -0.2) is 18.0 Å². The standard InChI is InChI=1S/C14H26N2O/c1-10-5-4-6-11(9-10)16-14(17)12-7-2-3-8-13(12)15/h10-13H,2-9,15H2,1H3,(H,16,17). The predicted octanol–water partition coefficient (Wildman–Crippen LogP) is 2.20. The van der Waals surface area contributed by atoms with Crippen LogP contribution in [0, 0.1) is 11.8 Å². The SMILES string of the molecule is CC1CCCC(NC(=O)C2CCCCC2N)C1. The highest BCUT2D eigenvalue weighted by molar-refractivity contribution is 5.79. The highest BCUT2D eigenvalue weighted by Gasteiger charge is 2.30. The number of amides is 1. The van der Waals surface area contributed by atoms with Gasteiger partial charge in [0.15, 0.2) is 0 Å². The summed E-state index contributed by atoms with van der Waals surface area (Å²) < 4.78 is 0. The molecule has 3 nitrogen and oxygen atoms in total. The van der Waals surface area contributed by atoms with E-state index in [0.29, 0.717) is 6.04 Å². The fraction of sp³-hybridized carbons (Fsp3) is 0.929. The lowest BCUT2D eigenvalue weighted by molar-refractivity contribution is -0.127. The summed E-state index contributed by atoms with van der Waals surface area (Å²) in [7, 11) is 0. The first kappa shape index (κ1) is 12.9. The molecule has 0 aliphatic heterocycles. The second kappa shape index (κ2) is 5.85. The minimum absolute atomic E-state index is 0.0704. The molecule has 17 heavy (non-hydrogen) atoms. The summed E-state index contributed by atoms with van der Waals surface area (Å²) in [5.74, 6) is 1.05. The molecule has 2 saturated carbocycles. The van der Waals surface area contributed by atoms with Crippen molar-refractivity contribution < 1.29 is 4.79 Å². The van der Waals surface area contributed by atoms with E-state index in [9.17, 15) is 4.79 Å². The Morgan fingerprint density at radius 2 is 1.88 bits per heavy atom. The number of carbonyl (C=O) groups excluding carboxylic acids is 1. The van der Waals surface area contributed by atoms with Gasteiger partial charge in [0.05, 0.1) is 5.92 Å². The zero-order chi connectivity index (χ0) is 12.3. The second-order valence-electron chi connectivity index (χ2n) is 6.03. The number of nitrogens with one attached hydrogen (secondary N) is 1. The van der Waals surface area contributed by atoms with Gasteiger partial charge in [0.2, 0.25) is 5.91 Å². The monoisotopic (exact) mass is 238 g/mol. The van der Waals surface area contributed by atoms with Crippen molar-refractivity contribution in [3.05, 3.63) is 0 Å². The van der Waals surface area contributed by atoms with Gasteiger partial charge in [-0.2, -0.15) is 0 Å². The number of hydrogen-bond donors (Lipinski definition) is 2. The van der Waals surface area contributed by atoms with Crippen LogP contribution in [0.5, 0.6) is 0 Å². The number of hydrogen-bond acceptors (Lipinski definition) is 2. The fourth-order valence-corrected chi connectivity index (χ4v) is 3.36. The van der Waals surface area contributed by atoms with Crippen molar-refractivity contribution >= 4 is 5.91 Å². The largest absolute Gasteiger partial charge is 0.353 e. The molecule has 4 atom stereocenters. The quantitative estimate of drug-likeness (QED) is 0.775. The Bertz CT molecular complexity index is 267. The third kappa shape index (κ3) is 3.44. The lowest BCUT2D eigenvalue weighted by Gasteiger charge is -2.32. The third-order valence-corrected chi connectivity index (χ3v) is 4.44. The first-order valence-electron chi connectivity index (χ1n) is 7.22. The molecular weight excluding hydrogens is 212 g/mol. The summed E-state index contributed by atoms with van der Waals surface area (Å²) in [5.41, 5.74) is 6.05. The zero-order valence-electron chi connectivity index (χ0n) is 11.0. The van der Waals surface area contributed by atoms with E-state index in [2.05, 4.69) is 12.2 Å². The lowest BCUT2D eigenvalue weighted by Crippen LogP contribution is -2.47. The molecule has 2 rings (SSSR count). The fourth-order valence-electron chi connectivity index (χ4n) is 3.36. The van der Waals surface area contributed by atoms with Crippen LogP contribution >= 0.6 is 0 Å². The molecule has 0 aromatic heterocycles. The van der Waals surface area contributed by atoms with Gasteiger partial charge < -0.3 is 11.1 Å². The Labute approximate surface area is 105 Å². The maximum absolute atomic E-state index is 12.2. The van der Waals surface area contributed by atoms with Crippen molar-refractivity contribution in [2.75, 3.05) is 0 Å². The summed E-state index contributed by atoms with van der Waals surface area (Å²) in [6.07, 6.45) is 9.20. The number of nitrogens with two attached hydrogens (primary N) is 1. The highest BCUT2D eigenvalue weighted by Crippen LogP contribution is 2.26. The molecule has 2 aliphatic rings. The average molecular weight is 238 g/mol. The van der Waals surface area contributed by atoms with E-state index in [-0.39, 0.29) is 17.9 Å². The first-order chi connectivity index (χ1) is 8.16. The molecular formula is C14H26N2O. The van der Waals surface area contributed by atoms with Crippen LogP contribution in [0.3, 0.4) is 0 Å². The number of carbonyl (C=O) groups is 1. The van der Waals surface area contributed by atoms with Crippen LogP contribution in [0.2, 0.25) is 0 Å². The molecule has 0 radical (unpaired) electrons. The Morgan fingerprint density at radius 1 is 1.12 bits per heavy atom. The van der Waals surface area contributed by atoms with Gasteiger partial charge in [-0.15, -0.1) is 0 Å². The van der Waals surface area contributed by atoms with Gasteiger partial charge in [0, 0.05) is 12.1 Å². The van der Waals surface area contributed by atoms with Gasteiger partial charge in [-0.1, -0.05) is 32.6 Å². The molecule has 1 amide bonds. The van der Waals surface area contributed by atoms with Crippen LogP contribution in [0.4, 0.5) is 0 Å². The van der Waals surface area contributed by atoms with Crippen molar-refractivity contribution in [2.24, 2.45) is 17.6 Å². The van der Waals surface area contributed by atoms with Crippen LogP contribution in [0.15, 0.2) is 0 Å². The summed E-state index contributed by atoms with van der Waals surface area (Å²) in [4.78, 5) is 12.2. The van der Waals surface area contributed by atoms with E-state index in [4.69, 9.17) is 5.73 Å². The molecule has 98 valence electrons. The van der Waals surface area contributed by atoms with Crippen LogP contribution < -0.4 is 11.1 Å². The van der Waals surface area contributed by atoms with E-state index in [0.717, 1.165) is 38.0 Å². The van der Waals surface area contributed by atoms with Crippen molar-refractivity contribution in [1.82, 2.24) is 5.32 Å². The molecule has 0 aromatic rings. The molecule has 0 saturated heterocycles. The Morgan fingerprint density at radius 3 is 2.59 bits per heavy atom. The normalized spacial score (nSPS) is 38.7. The maximum atomic E-state index is 12.2. The molecule has 2 fully saturated rings.